The number of aromatic nitrogens is 1. The second-order valence-electron chi connectivity index (χ2n) is 8.16. The largest absolute Gasteiger partial charge is 0.361 e. The number of aromatic amines is 1. The number of nitrogens with one attached hydrogen (secondary N) is 1. The first-order chi connectivity index (χ1) is 16.1. The average molecular weight is 441 g/mol. The molecular formula is C26H24N4O3. The van der Waals surface area contributed by atoms with Crippen molar-refractivity contribution in [2.75, 3.05) is 11.6 Å². The lowest BCUT2D eigenvalue weighted by atomic mass is 9.87. The molecule has 0 fully saturated rings. The molecule has 1 N–H and O–H groups in total. The fourth-order valence-corrected chi connectivity index (χ4v) is 4.65. The first kappa shape index (κ1) is 20.9. The normalized spacial score (nSPS) is 18.8. The van der Waals surface area contributed by atoms with Crippen LogP contribution in [-0.4, -0.2) is 39.9 Å². The first-order valence-corrected chi connectivity index (χ1v) is 11.2. The number of imide groups is 1. The van der Waals surface area contributed by atoms with Crippen molar-refractivity contribution in [3.8, 4) is 0 Å². The smallest absolute Gasteiger partial charge is 0.261 e. The van der Waals surface area contributed by atoms with Crippen LogP contribution in [0.1, 0.15) is 32.3 Å². The lowest BCUT2D eigenvalue weighted by Crippen LogP contribution is -2.36. The van der Waals surface area contributed by atoms with Gasteiger partial charge >= 0.3 is 0 Å². The molecule has 1 aromatic heterocycles. The molecule has 0 bridgehead atoms. The summed E-state index contributed by atoms with van der Waals surface area (Å²) in [6.07, 6.45) is 2.87. The number of anilines is 1. The van der Waals surface area contributed by atoms with E-state index in [1.54, 1.807) is 18.3 Å². The van der Waals surface area contributed by atoms with Crippen LogP contribution >= 0.6 is 0 Å². The molecule has 3 aromatic rings. The summed E-state index contributed by atoms with van der Waals surface area (Å²) >= 11 is 0. The van der Waals surface area contributed by atoms with Gasteiger partial charge in [-0.05, 0) is 31.0 Å². The Morgan fingerprint density at radius 3 is 2.39 bits per heavy atom. The summed E-state index contributed by atoms with van der Waals surface area (Å²) in [4.78, 5) is 45.2. The molecule has 33 heavy (non-hydrogen) atoms. The predicted molar refractivity (Wildman–Crippen MR) is 127 cm³/mol. The lowest BCUT2D eigenvalue weighted by molar-refractivity contribution is -0.137. The van der Waals surface area contributed by atoms with Crippen molar-refractivity contribution in [1.29, 1.82) is 0 Å². The van der Waals surface area contributed by atoms with Crippen molar-refractivity contribution >= 4 is 45.6 Å². The summed E-state index contributed by atoms with van der Waals surface area (Å²) in [5.41, 5.74) is 3.23. The zero-order chi connectivity index (χ0) is 23.1. The molecule has 0 aliphatic carbocycles. The molecule has 0 saturated heterocycles. The third-order valence-electron chi connectivity index (χ3n) is 6.18. The number of H-pyrrole nitrogens is 1. The zero-order valence-electron chi connectivity index (χ0n) is 18.5. The summed E-state index contributed by atoms with van der Waals surface area (Å²) in [6, 6.07) is 16.8. The molecule has 3 amide bonds. The summed E-state index contributed by atoms with van der Waals surface area (Å²) in [5, 5.41) is 6.76. The van der Waals surface area contributed by atoms with Crippen LogP contribution in [0, 0.1) is 5.92 Å². The van der Waals surface area contributed by atoms with Crippen molar-refractivity contribution in [3.05, 3.63) is 71.9 Å². The Morgan fingerprint density at radius 2 is 1.67 bits per heavy atom. The van der Waals surface area contributed by atoms with Crippen LogP contribution < -0.4 is 5.01 Å². The molecular weight excluding hydrogens is 416 g/mol. The molecule has 7 heteroatoms. The van der Waals surface area contributed by atoms with Crippen molar-refractivity contribution in [1.82, 2.24) is 9.88 Å². The number of hydrogen-bond donors (Lipinski definition) is 1. The van der Waals surface area contributed by atoms with Crippen LogP contribution in [0.3, 0.4) is 0 Å². The number of carbonyl (C=O) groups is 3. The SMILES string of the molecule is CCCN1C(=O)C(c2c[nH]c3ccccc23)=C([C@@H]2C(=O)N(c3ccccc3)N=C2CC)C1=O. The Labute approximate surface area is 191 Å². The van der Waals surface area contributed by atoms with Gasteiger partial charge < -0.3 is 4.98 Å². The van der Waals surface area contributed by atoms with E-state index in [1.807, 2.05) is 56.3 Å². The average Bonchev–Trinajstić information content (AvgIpc) is 3.47. The highest BCUT2D eigenvalue weighted by molar-refractivity contribution is 6.40. The topological polar surface area (TPSA) is 85.8 Å². The highest BCUT2D eigenvalue weighted by Crippen LogP contribution is 2.40. The van der Waals surface area contributed by atoms with Gasteiger partial charge in [-0.1, -0.05) is 50.2 Å². The van der Waals surface area contributed by atoms with E-state index in [2.05, 4.69) is 10.1 Å². The Kier molecular flexibility index (Phi) is 5.17. The minimum Gasteiger partial charge on any atom is -0.361 e. The Morgan fingerprint density at radius 1 is 0.939 bits per heavy atom. The number of amides is 3. The summed E-state index contributed by atoms with van der Waals surface area (Å²) in [6.45, 7) is 4.13. The predicted octanol–water partition coefficient (Wildman–Crippen LogP) is 4.13. The number of para-hydroxylation sites is 2. The van der Waals surface area contributed by atoms with Gasteiger partial charge in [0.2, 0.25) is 0 Å². The number of rotatable bonds is 6. The molecule has 7 nitrogen and oxygen atoms in total. The first-order valence-electron chi connectivity index (χ1n) is 11.2. The van der Waals surface area contributed by atoms with Gasteiger partial charge in [-0.15, -0.1) is 0 Å². The Bertz CT molecular complexity index is 1340. The number of nitrogens with zero attached hydrogens (tertiary/aromatic N) is 3. The van der Waals surface area contributed by atoms with Gasteiger partial charge in [0.05, 0.1) is 17.0 Å². The molecule has 2 aliphatic heterocycles. The van der Waals surface area contributed by atoms with Crippen molar-refractivity contribution in [2.24, 2.45) is 11.0 Å². The van der Waals surface area contributed by atoms with Gasteiger partial charge in [0, 0.05) is 34.8 Å². The van der Waals surface area contributed by atoms with E-state index in [-0.39, 0.29) is 17.4 Å². The molecule has 0 spiro atoms. The van der Waals surface area contributed by atoms with Crippen LogP contribution in [-0.2, 0) is 14.4 Å². The standard InChI is InChI=1S/C26H24N4O3/c1-3-14-29-24(31)21(18-15-27-20-13-9-8-12-17(18)20)23(25(29)32)22-19(4-2)28-30(26(22)33)16-10-6-5-7-11-16/h5-13,15,22,27H,3-4,14H2,1-2H3/t22-/m1/s1. The van der Waals surface area contributed by atoms with E-state index in [1.165, 1.54) is 9.91 Å². The Balaban J connectivity index is 1.70. The van der Waals surface area contributed by atoms with Crippen LogP contribution in [0.25, 0.3) is 16.5 Å². The van der Waals surface area contributed by atoms with Crippen molar-refractivity contribution in [2.45, 2.75) is 26.7 Å². The number of benzene rings is 2. The maximum atomic E-state index is 13.6. The fraction of sp³-hybridized carbons (Fsp3) is 0.231. The second-order valence-corrected chi connectivity index (χ2v) is 8.16. The van der Waals surface area contributed by atoms with Gasteiger partial charge in [-0.2, -0.15) is 10.1 Å². The molecule has 3 heterocycles. The monoisotopic (exact) mass is 440 g/mol. The number of fused-ring (bicyclic) bond motifs is 1. The maximum absolute atomic E-state index is 13.6. The fourth-order valence-electron chi connectivity index (χ4n) is 4.65. The van der Waals surface area contributed by atoms with E-state index in [4.69, 9.17) is 0 Å². The third-order valence-corrected chi connectivity index (χ3v) is 6.18. The quantitative estimate of drug-likeness (QED) is 0.585. The molecule has 5 rings (SSSR count). The highest BCUT2D eigenvalue weighted by Gasteiger charge is 2.49. The minimum atomic E-state index is -0.892. The van der Waals surface area contributed by atoms with Gasteiger partial charge in [0.25, 0.3) is 17.7 Å². The van der Waals surface area contributed by atoms with Crippen LogP contribution in [0.4, 0.5) is 5.69 Å². The van der Waals surface area contributed by atoms with E-state index in [0.29, 0.717) is 41.9 Å². The molecule has 0 unspecified atom stereocenters. The van der Waals surface area contributed by atoms with Crippen molar-refractivity contribution in [3.63, 3.8) is 0 Å². The molecule has 0 radical (unpaired) electrons. The highest BCUT2D eigenvalue weighted by atomic mass is 16.2. The molecule has 2 aliphatic rings. The van der Waals surface area contributed by atoms with E-state index in [0.717, 1.165) is 10.9 Å². The van der Waals surface area contributed by atoms with Crippen molar-refractivity contribution < 1.29 is 14.4 Å². The van der Waals surface area contributed by atoms with E-state index >= 15 is 0 Å². The maximum Gasteiger partial charge on any atom is 0.261 e. The van der Waals surface area contributed by atoms with Gasteiger partial charge in [-0.25, -0.2) is 0 Å². The summed E-state index contributed by atoms with van der Waals surface area (Å²) < 4.78 is 0. The van der Waals surface area contributed by atoms with Crippen LogP contribution in [0.2, 0.25) is 0 Å². The van der Waals surface area contributed by atoms with Gasteiger partial charge in [0.1, 0.15) is 5.92 Å². The van der Waals surface area contributed by atoms with Gasteiger partial charge in [-0.3, -0.25) is 19.3 Å². The number of hydrogen-bond acceptors (Lipinski definition) is 4. The molecule has 0 saturated carbocycles. The minimum absolute atomic E-state index is 0.224. The molecule has 2 aromatic carbocycles. The summed E-state index contributed by atoms with van der Waals surface area (Å²) in [7, 11) is 0. The second kappa shape index (κ2) is 8.16. The van der Waals surface area contributed by atoms with Crippen LogP contribution in [0.5, 0.6) is 0 Å². The van der Waals surface area contributed by atoms with E-state index in [9.17, 15) is 14.4 Å². The molecule has 166 valence electrons. The van der Waals surface area contributed by atoms with E-state index < -0.39 is 11.8 Å². The zero-order valence-corrected chi connectivity index (χ0v) is 18.5. The molecule has 1 atom stereocenters. The van der Waals surface area contributed by atoms with Gasteiger partial charge in [0.15, 0.2) is 0 Å². The lowest BCUT2D eigenvalue weighted by Gasteiger charge is -2.17. The number of carbonyl (C=O) groups excluding carboxylic acids is 3. The summed E-state index contributed by atoms with van der Waals surface area (Å²) in [5.74, 6) is -1.97. The third kappa shape index (κ3) is 3.19. The number of hydrazone groups is 1. The Hall–Kier alpha value is -4.00. The van der Waals surface area contributed by atoms with Crippen LogP contribution in [0.15, 0.2) is 71.5 Å².